The zero-order valence-electron chi connectivity index (χ0n) is 17.8. The fourth-order valence-electron chi connectivity index (χ4n) is 3.28. The number of furan rings is 1. The van der Waals surface area contributed by atoms with Gasteiger partial charge in [-0.2, -0.15) is 0 Å². The molecule has 0 atom stereocenters. The fraction of sp³-hybridized carbons (Fsp3) is 0.136. The van der Waals surface area contributed by atoms with Gasteiger partial charge in [-0.1, -0.05) is 0 Å². The van der Waals surface area contributed by atoms with Gasteiger partial charge in [-0.15, -0.1) is 0 Å². The minimum Gasteiger partial charge on any atom is -0.469 e. The van der Waals surface area contributed by atoms with Crippen LogP contribution in [0.3, 0.4) is 0 Å². The van der Waals surface area contributed by atoms with Crippen molar-refractivity contribution in [3.05, 3.63) is 86.3 Å². The minimum absolute atomic E-state index is 0.0540. The van der Waals surface area contributed by atoms with Gasteiger partial charge in [0.05, 0.1) is 22.9 Å². The number of pyridine rings is 1. The molecular weight excluding hydrogens is 433 g/mol. The van der Waals surface area contributed by atoms with Gasteiger partial charge >= 0.3 is 5.69 Å². The van der Waals surface area contributed by atoms with Crippen LogP contribution in [-0.2, 0) is 14.1 Å². The Hall–Kier alpha value is -4.54. The van der Waals surface area contributed by atoms with Crippen LogP contribution >= 0.6 is 0 Å². The maximum atomic E-state index is 14.2. The van der Waals surface area contributed by atoms with E-state index < -0.39 is 28.9 Å². The lowest BCUT2D eigenvalue weighted by molar-refractivity contribution is 0.101. The van der Waals surface area contributed by atoms with Crippen molar-refractivity contribution in [1.82, 2.24) is 14.1 Å². The summed E-state index contributed by atoms with van der Waals surface area (Å²) in [6.45, 7) is 1.60. The first-order valence-electron chi connectivity index (χ1n) is 9.70. The lowest BCUT2D eigenvalue weighted by Crippen LogP contribution is -2.37. The van der Waals surface area contributed by atoms with Crippen molar-refractivity contribution in [2.24, 2.45) is 14.1 Å². The average Bonchev–Trinajstić information content (AvgIpc) is 3.24. The molecule has 0 unspecified atom stereocenters. The SMILES string of the molecule is Cc1occc1C(=O)Nc1cc(NC(=O)c2ccc3c(=O)n(C)c(=O)n(C)c3n2)ccc1F. The summed E-state index contributed by atoms with van der Waals surface area (Å²) in [7, 11) is 2.79. The van der Waals surface area contributed by atoms with E-state index in [2.05, 4.69) is 15.6 Å². The highest BCUT2D eigenvalue weighted by molar-refractivity contribution is 6.06. The van der Waals surface area contributed by atoms with Gasteiger partial charge in [-0.3, -0.25) is 23.5 Å². The molecule has 0 aliphatic rings. The molecule has 0 aliphatic carbocycles. The van der Waals surface area contributed by atoms with Gasteiger partial charge in [0.15, 0.2) is 0 Å². The second kappa shape index (κ2) is 8.19. The third-order valence-electron chi connectivity index (χ3n) is 5.11. The summed E-state index contributed by atoms with van der Waals surface area (Å²) in [6.07, 6.45) is 1.35. The van der Waals surface area contributed by atoms with Crippen LogP contribution in [-0.4, -0.2) is 25.9 Å². The van der Waals surface area contributed by atoms with Gasteiger partial charge in [-0.05, 0) is 43.3 Å². The van der Waals surface area contributed by atoms with E-state index in [0.717, 1.165) is 15.2 Å². The predicted molar refractivity (Wildman–Crippen MR) is 118 cm³/mol. The largest absolute Gasteiger partial charge is 0.469 e. The smallest absolute Gasteiger partial charge is 0.332 e. The third-order valence-corrected chi connectivity index (χ3v) is 5.11. The first-order valence-corrected chi connectivity index (χ1v) is 9.70. The molecule has 0 saturated carbocycles. The summed E-state index contributed by atoms with van der Waals surface area (Å²) >= 11 is 0. The molecule has 2 amide bonds. The molecule has 11 heteroatoms. The topological polar surface area (TPSA) is 128 Å². The number of rotatable bonds is 4. The number of hydrogen-bond acceptors (Lipinski definition) is 6. The van der Waals surface area contributed by atoms with Crippen molar-refractivity contribution in [3.63, 3.8) is 0 Å². The number of aryl methyl sites for hydroxylation is 2. The Morgan fingerprint density at radius 1 is 1.00 bits per heavy atom. The fourth-order valence-corrected chi connectivity index (χ4v) is 3.28. The Morgan fingerprint density at radius 2 is 1.76 bits per heavy atom. The number of halogens is 1. The number of nitrogens with one attached hydrogen (secondary N) is 2. The molecule has 0 bridgehead atoms. The van der Waals surface area contributed by atoms with Crippen molar-refractivity contribution >= 4 is 34.2 Å². The lowest BCUT2D eigenvalue weighted by atomic mass is 10.2. The standard InChI is InChI=1S/C22H18FN5O5/c1-11-13(8-9-33-11)19(29)26-17-10-12(4-6-15(17)23)24-20(30)16-7-5-14-18(25-16)27(2)22(32)28(3)21(14)31/h4-10H,1-3H3,(H,24,30)(H,26,29). The molecule has 168 valence electrons. The second-order valence-corrected chi connectivity index (χ2v) is 7.27. The Labute approximate surface area is 185 Å². The molecule has 0 fully saturated rings. The van der Waals surface area contributed by atoms with E-state index in [4.69, 9.17) is 4.42 Å². The van der Waals surface area contributed by atoms with E-state index >= 15 is 0 Å². The number of aromatic nitrogens is 3. The molecule has 3 aromatic heterocycles. The predicted octanol–water partition coefficient (Wildman–Crippen LogP) is 2.18. The number of benzene rings is 1. The summed E-state index contributed by atoms with van der Waals surface area (Å²) in [5, 5.41) is 5.18. The number of amides is 2. The Balaban J connectivity index is 1.61. The maximum Gasteiger partial charge on any atom is 0.332 e. The number of carbonyl (C=O) groups excluding carboxylic acids is 2. The van der Waals surface area contributed by atoms with E-state index in [1.165, 1.54) is 50.7 Å². The van der Waals surface area contributed by atoms with Crippen molar-refractivity contribution in [1.29, 1.82) is 0 Å². The van der Waals surface area contributed by atoms with Crippen LogP contribution in [0.5, 0.6) is 0 Å². The van der Waals surface area contributed by atoms with E-state index in [0.29, 0.717) is 5.76 Å². The van der Waals surface area contributed by atoms with Crippen LogP contribution in [0.25, 0.3) is 11.0 Å². The highest BCUT2D eigenvalue weighted by Crippen LogP contribution is 2.22. The summed E-state index contributed by atoms with van der Waals surface area (Å²) in [5.41, 5.74) is -0.811. The van der Waals surface area contributed by atoms with Crippen LogP contribution in [0.2, 0.25) is 0 Å². The Kier molecular flexibility index (Phi) is 5.38. The van der Waals surface area contributed by atoms with Gasteiger partial charge in [0.25, 0.3) is 17.4 Å². The molecule has 1 aromatic carbocycles. The number of fused-ring (bicyclic) bond motifs is 1. The Bertz CT molecular complexity index is 1550. The van der Waals surface area contributed by atoms with E-state index in [1.807, 2.05) is 0 Å². The molecule has 10 nitrogen and oxygen atoms in total. The summed E-state index contributed by atoms with van der Waals surface area (Å²) in [4.78, 5) is 53.6. The molecule has 4 rings (SSSR count). The van der Waals surface area contributed by atoms with Crippen molar-refractivity contribution in [2.45, 2.75) is 6.92 Å². The number of hydrogen-bond donors (Lipinski definition) is 2. The van der Waals surface area contributed by atoms with Crippen LogP contribution < -0.4 is 21.9 Å². The number of carbonyl (C=O) groups is 2. The van der Waals surface area contributed by atoms with Crippen molar-refractivity contribution in [2.75, 3.05) is 10.6 Å². The zero-order chi connectivity index (χ0) is 23.9. The van der Waals surface area contributed by atoms with E-state index in [1.54, 1.807) is 6.92 Å². The quantitative estimate of drug-likeness (QED) is 0.489. The van der Waals surface area contributed by atoms with Gasteiger partial charge in [-0.25, -0.2) is 14.2 Å². The molecule has 0 radical (unpaired) electrons. The third kappa shape index (κ3) is 3.91. The summed E-state index contributed by atoms with van der Waals surface area (Å²) in [6, 6.07) is 7.88. The summed E-state index contributed by atoms with van der Waals surface area (Å²) < 4.78 is 21.4. The van der Waals surface area contributed by atoms with Crippen LogP contribution in [0.1, 0.15) is 26.6 Å². The average molecular weight is 451 g/mol. The first-order chi connectivity index (χ1) is 15.7. The highest BCUT2D eigenvalue weighted by atomic mass is 19.1. The molecule has 0 saturated heterocycles. The zero-order valence-corrected chi connectivity index (χ0v) is 17.8. The highest BCUT2D eigenvalue weighted by Gasteiger charge is 2.17. The lowest BCUT2D eigenvalue weighted by Gasteiger charge is -2.11. The molecule has 0 spiro atoms. The molecule has 0 aliphatic heterocycles. The summed E-state index contributed by atoms with van der Waals surface area (Å²) in [5.74, 6) is -1.54. The van der Waals surface area contributed by atoms with Crippen LogP contribution in [0.15, 0.2) is 56.7 Å². The van der Waals surface area contributed by atoms with Crippen LogP contribution in [0, 0.1) is 12.7 Å². The first kappa shape index (κ1) is 21.7. The molecule has 2 N–H and O–H groups in total. The minimum atomic E-state index is -0.697. The maximum absolute atomic E-state index is 14.2. The van der Waals surface area contributed by atoms with Gasteiger partial charge in [0.1, 0.15) is 22.9 Å². The molecule has 33 heavy (non-hydrogen) atoms. The molecular formula is C22H18FN5O5. The molecule has 4 aromatic rings. The van der Waals surface area contributed by atoms with Crippen molar-refractivity contribution in [3.8, 4) is 0 Å². The van der Waals surface area contributed by atoms with Gasteiger partial charge in [0.2, 0.25) is 0 Å². The molecule has 3 heterocycles. The normalized spacial score (nSPS) is 10.9. The van der Waals surface area contributed by atoms with Gasteiger partial charge < -0.3 is 15.1 Å². The van der Waals surface area contributed by atoms with E-state index in [-0.39, 0.29) is 33.7 Å². The monoisotopic (exact) mass is 451 g/mol. The van der Waals surface area contributed by atoms with E-state index in [9.17, 15) is 23.6 Å². The van der Waals surface area contributed by atoms with Crippen molar-refractivity contribution < 1.29 is 18.4 Å². The Morgan fingerprint density at radius 3 is 2.45 bits per heavy atom. The number of anilines is 2. The number of nitrogens with zero attached hydrogens (tertiary/aromatic N) is 3. The van der Waals surface area contributed by atoms with Gasteiger partial charge in [0, 0.05) is 19.8 Å². The van der Waals surface area contributed by atoms with Crippen LogP contribution in [0.4, 0.5) is 15.8 Å². The second-order valence-electron chi connectivity index (χ2n) is 7.27.